The Morgan fingerprint density at radius 1 is 1.17 bits per heavy atom. The van der Waals surface area contributed by atoms with Crippen LogP contribution in [-0.4, -0.2) is 17.4 Å². The number of ether oxygens (including phenoxy) is 2. The Balaban J connectivity index is 1.82. The van der Waals surface area contributed by atoms with E-state index in [4.69, 9.17) is 9.47 Å². The summed E-state index contributed by atoms with van der Waals surface area (Å²) >= 11 is 3.47. The fourth-order valence-electron chi connectivity index (χ4n) is 3.40. The van der Waals surface area contributed by atoms with E-state index in [-0.39, 0.29) is 23.9 Å². The number of carbonyl (C=O) groups is 1. The van der Waals surface area contributed by atoms with E-state index in [1.807, 2.05) is 50.2 Å². The lowest BCUT2D eigenvalue weighted by Gasteiger charge is -2.15. The Bertz CT molecular complexity index is 1320. The summed E-state index contributed by atoms with van der Waals surface area (Å²) in [6.45, 7) is 4.10. The van der Waals surface area contributed by atoms with Gasteiger partial charge in [0.05, 0.1) is 22.0 Å². The zero-order chi connectivity index (χ0) is 26.1. The fraction of sp³-hybridized carbons (Fsp3) is 0.185. The summed E-state index contributed by atoms with van der Waals surface area (Å²) in [5.74, 6) is 0.314. The van der Waals surface area contributed by atoms with Gasteiger partial charge in [-0.1, -0.05) is 42.5 Å². The van der Waals surface area contributed by atoms with E-state index in [2.05, 4.69) is 21.2 Å². The Labute approximate surface area is 217 Å². The minimum atomic E-state index is -0.492. The molecule has 0 bridgehead atoms. The van der Waals surface area contributed by atoms with Crippen molar-refractivity contribution in [1.82, 2.24) is 5.32 Å². The van der Waals surface area contributed by atoms with Crippen molar-refractivity contribution in [1.29, 1.82) is 5.26 Å². The second-order valence-electron chi connectivity index (χ2n) is 7.75. The maximum atomic E-state index is 12.7. The first-order valence-electron chi connectivity index (χ1n) is 11.1. The van der Waals surface area contributed by atoms with Gasteiger partial charge in [0.1, 0.15) is 18.2 Å². The predicted molar refractivity (Wildman–Crippen MR) is 139 cm³/mol. The molecule has 0 heterocycles. The molecule has 3 aromatic rings. The topological polar surface area (TPSA) is 114 Å². The molecular formula is C27H24BrN3O5. The second kappa shape index (κ2) is 12.5. The summed E-state index contributed by atoms with van der Waals surface area (Å²) in [6.07, 6.45) is 1.48. The standard InChI is InChI=1S/C27H24BrN3O5/c1-3-35-25-15-20(12-22(16-29)27(32)30-18(2)21-9-5-4-6-10-21)14-24(28)26(25)36-17-19-8-7-11-23(13-19)31(33)34/h4-15,18H,3,17H2,1-2H3,(H,30,32)/b22-12-/t18-/m0/s1. The molecule has 36 heavy (non-hydrogen) atoms. The predicted octanol–water partition coefficient (Wildman–Crippen LogP) is 6.12. The van der Waals surface area contributed by atoms with E-state index >= 15 is 0 Å². The lowest BCUT2D eigenvalue weighted by Crippen LogP contribution is -2.27. The third-order valence-corrected chi connectivity index (χ3v) is 5.75. The first-order valence-corrected chi connectivity index (χ1v) is 11.9. The minimum absolute atomic E-state index is 0.0235. The van der Waals surface area contributed by atoms with Crippen LogP contribution in [0.5, 0.6) is 11.5 Å². The lowest BCUT2D eigenvalue weighted by molar-refractivity contribution is -0.384. The molecule has 8 nitrogen and oxygen atoms in total. The van der Waals surface area contributed by atoms with Crippen LogP contribution in [-0.2, 0) is 11.4 Å². The average molecular weight is 550 g/mol. The molecule has 3 aromatic carbocycles. The Morgan fingerprint density at radius 3 is 2.58 bits per heavy atom. The molecule has 0 aliphatic heterocycles. The average Bonchev–Trinajstić information content (AvgIpc) is 2.87. The molecule has 0 aliphatic carbocycles. The SMILES string of the molecule is CCOc1cc(/C=C(/C#N)C(=O)N[C@@H](C)c2ccccc2)cc(Br)c1OCc1cccc([N+](=O)[O-])c1. The molecule has 9 heteroatoms. The molecule has 1 N–H and O–H groups in total. The summed E-state index contributed by atoms with van der Waals surface area (Å²) in [4.78, 5) is 23.3. The highest BCUT2D eigenvalue weighted by molar-refractivity contribution is 9.10. The molecule has 0 radical (unpaired) electrons. The van der Waals surface area contributed by atoms with Gasteiger partial charge in [-0.05, 0) is 64.7 Å². The first kappa shape index (κ1) is 26.4. The molecular weight excluding hydrogens is 526 g/mol. The number of rotatable bonds is 10. The second-order valence-corrected chi connectivity index (χ2v) is 8.61. The summed E-state index contributed by atoms with van der Waals surface area (Å²) < 4.78 is 12.2. The van der Waals surface area contributed by atoms with E-state index in [1.54, 1.807) is 24.3 Å². The lowest BCUT2D eigenvalue weighted by atomic mass is 10.1. The number of hydrogen-bond donors (Lipinski definition) is 1. The number of carbonyl (C=O) groups excluding carboxylic acids is 1. The van der Waals surface area contributed by atoms with Crippen LogP contribution in [0.3, 0.4) is 0 Å². The minimum Gasteiger partial charge on any atom is -0.490 e. The smallest absolute Gasteiger partial charge is 0.269 e. The van der Waals surface area contributed by atoms with Crippen LogP contribution >= 0.6 is 15.9 Å². The van der Waals surface area contributed by atoms with Gasteiger partial charge in [0.2, 0.25) is 0 Å². The molecule has 0 aliphatic rings. The summed E-state index contributed by atoms with van der Waals surface area (Å²) in [5, 5.41) is 23.5. The van der Waals surface area contributed by atoms with Gasteiger partial charge in [0.15, 0.2) is 11.5 Å². The molecule has 0 fully saturated rings. The molecule has 3 rings (SSSR count). The van der Waals surface area contributed by atoms with Crippen molar-refractivity contribution in [2.24, 2.45) is 0 Å². The van der Waals surface area contributed by atoms with Crippen LogP contribution in [0.15, 0.2) is 76.8 Å². The number of nitro groups is 1. The third-order valence-electron chi connectivity index (χ3n) is 5.16. The number of non-ortho nitro benzene ring substituents is 1. The van der Waals surface area contributed by atoms with Crippen molar-refractivity contribution in [2.75, 3.05) is 6.61 Å². The molecule has 0 aromatic heterocycles. The highest BCUT2D eigenvalue weighted by Crippen LogP contribution is 2.38. The van der Waals surface area contributed by atoms with Crippen molar-refractivity contribution in [3.8, 4) is 17.6 Å². The van der Waals surface area contributed by atoms with Gasteiger partial charge < -0.3 is 14.8 Å². The molecule has 0 saturated heterocycles. The van der Waals surface area contributed by atoms with Gasteiger partial charge >= 0.3 is 0 Å². The van der Waals surface area contributed by atoms with Gasteiger partial charge in [0, 0.05) is 12.1 Å². The number of nitrogens with zero attached hydrogens (tertiary/aromatic N) is 2. The van der Waals surface area contributed by atoms with Crippen LogP contribution in [0.4, 0.5) is 5.69 Å². The normalized spacial score (nSPS) is 11.8. The maximum absolute atomic E-state index is 12.7. The van der Waals surface area contributed by atoms with E-state index in [0.29, 0.717) is 33.7 Å². The number of hydrogen-bond acceptors (Lipinski definition) is 6. The van der Waals surface area contributed by atoms with Gasteiger partial charge in [0.25, 0.3) is 11.6 Å². The quantitative estimate of drug-likeness (QED) is 0.141. The van der Waals surface area contributed by atoms with Gasteiger partial charge in [-0.3, -0.25) is 14.9 Å². The number of halogens is 1. The van der Waals surface area contributed by atoms with E-state index in [1.165, 1.54) is 18.2 Å². The van der Waals surface area contributed by atoms with Crippen molar-refractivity contribution in [2.45, 2.75) is 26.5 Å². The monoisotopic (exact) mass is 549 g/mol. The van der Waals surface area contributed by atoms with Crippen LogP contribution in [0.2, 0.25) is 0 Å². The van der Waals surface area contributed by atoms with Gasteiger partial charge in [-0.2, -0.15) is 5.26 Å². The van der Waals surface area contributed by atoms with Crippen molar-refractivity contribution in [3.63, 3.8) is 0 Å². The highest BCUT2D eigenvalue weighted by Gasteiger charge is 2.17. The van der Waals surface area contributed by atoms with Crippen molar-refractivity contribution in [3.05, 3.63) is 104 Å². The Kier molecular flexibility index (Phi) is 9.19. The van der Waals surface area contributed by atoms with Crippen LogP contribution < -0.4 is 14.8 Å². The van der Waals surface area contributed by atoms with E-state index in [9.17, 15) is 20.2 Å². The fourth-order valence-corrected chi connectivity index (χ4v) is 3.98. The van der Waals surface area contributed by atoms with Gasteiger partial charge in [-0.25, -0.2) is 0 Å². The Morgan fingerprint density at radius 2 is 1.92 bits per heavy atom. The highest BCUT2D eigenvalue weighted by atomic mass is 79.9. The van der Waals surface area contributed by atoms with Crippen LogP contribution in [0, 0.1) is 21.4 Å². The number of nitriles is 1. The van der Waals surface area contributed by atoms with Crippen molar-refractivity contribution < 1.29 is 19.2 Å². The molecule has 184 valence electrons. The van der Waals surface area contributed by atoms with Gasteiger partial charge in [-0.15, -0.1) is 0 Å². The molecule has 1 atom stereocenters. The van der Waals surface area contributed by atoms with E-state index < -0.39 is 10.8 Å². The molecule has 0 unspecified atom stereocenters. The third kappa shape index (κ3) is 6.93. The summed E-state index contributed by atoms with van der Waals surface area (Å²) in [6, 6.07) is 20.7. The maximum Gasteiger partial charge on any atom is 0.269 e. The molecule has 0 saturated carbocycles. The molecule has 1 amide bonds. The molecule has 0 spiro atoms. The first-order chi connectivity index (χ1) is 17.3. The largest absolute Gasteiger partial charge is 0.490 e. The number of amides is 1. The zero-order valence-electron chi connectivity index (χ0n) is 19.7. The van der Waals surface area contributed by atoms with Crippen LogP contribution in [0.1, 0.15) is 36.6 Å². The van der Waals surface area contributed by atoms with Crippen molar-refractivity contribution >= 4 is 33.6 Å². The Hall–Kier alpha value is -4.16. The number of benzene rings is 3. The number of nitrogens with one attached hydrogen (secondary N) is 1. The zero-order valence-corrected chi connectivity index (χ0v) is 21.3. The summed E-state index contributed by atoms with van der Waals surface area (Å²) in [5.41, 5.74) is 2.03. The summed E-state index contributed by atoms with van der Waals surface area (Å²) in [7, 11) is 0. The van der Waals surface area contributed by atoms with Crippen LogP contribution in [0.25, 0.3) is 6.08 Å². The van der Waals surface area contributed by atoms with E-state index in [0.717, 1.165) is 5.56 Å². The number of nitro benzene ring substituents is 1.